The van der Waals surface area contributed by atoms with E-state index in [1.165, 1.54) is 0 Å². The van der Waals surface area contributed by atoms with Gasteiger partial charge in [0.25, 0.3) is 0 Å². The largest absolute Gasteiger partial charge is 0.444 e. The molecule has 134 valence electrons. The molecule has 0 spiro atoms. The van der Waals surface area contributed by atoms with Gasteiger partial charge >= 0.3 is 6.09 Å². The summed E-state index contributed by atoms with van der Waals surface area (Å²) >= 11 is 0. The van der Waals surface area contributed by atoms with Crippen LogP contribution in [0.15, 0.2) is 24.5 Å². The second-order valence-corrected chi connectivity index (χ2v) is 7.52. The van der Waals surface area contributed by atoms with Crippen molar-refractivity contribution in [1.29, 1.82) is 0 Å². The van der Waals surface area contributed by atoms with Gasteiger partial charge in [-0.1, -0.05) is 6.07 Å². The van der Waals surface area contributed by atoms with Crippen LogP contribution in [0.5, 0.6) is 0 Å². The molecule has 1 amide bonds. The van der Waals surface area contributed by atoms with Crippen LogP contribution in [0, 0.1) is 0 Å². The van der Waals surface area contributed by atoms with Crippen LogP contribution >= 0.6 is 0 Å². The van der Waals surface area contributed by atoms with Crippen LogP contribution in [-0.4, -0.2) is 64.8 Å². The van der Waals surface area contributed by atoms with E-state index in [2.05, 4.69) is 9.88 Å². The highest BCUT2D eigenvalue weighted by Crippen LogP contribution is 2.32. The zero-order valence-electron chi connectivity index (χ0n) is 15.2. The molecule has 1 aliphatic heterocycles. The number of hydrogen-bond acceptors (Lipinski definition) is 5. The van der Waals surface area contributed by atoms with Gasteiger partial charge in [0.15, 0.2) is 0 Å². The zero-order chi connectivity index (χ0) is 17.8. The van der Waals surface area contributed by atoms with E-state index in [4.69, 9.17) is 4.74 Å². The number of ether oxygens (including phenoxy) is 1. The van der Waals surface area contributed by atoms with Crippen LogP contribution < -0.4 is 0 Å². The number of likely N-dealkylation sites (N-methyl/N-ethyl adjacent to an activating group) is 1. The average Bonchev–Trinajstić information content (AvgIpc) is 2.53. The summed E-state index contributed by atoms with van der Waals surface area (Å²) in [7, 11) is 1.75. The average molecular weight is 335 g/mol. The van der Waals surface area contributed by atoms with Crippen LogP contribution in [0.3, 0.4) is 0 Å². The lowest BCUT2D eigenvalue weighted by Crippen LogP contribution is -2.46. The Morgan fingerprint density at radius 1 is 1.42 bits per heavy atom. The molecule has 0 bridgehead atoms. The van der Waals surface area contributed by atoms with Crippen LogP contribution in [0.1, 0.15) is 39.2 Å². The number of carbonyl (C=O) groups is 1. The molecular weight excluding hydrogens is 306 g/mol. The molecule has 1 N–H and O–H groups in total. The van der Waals surface area contributed by atoms with Gasteiger partial charge in [-0.2, -0.15) is 0 Å². The van der Waals surface area contributed by atoms with E-state index in [1.807, 2.05) is 32.9 Å². The summed E-state index contributed by atoms with van der Waals surface area (Å²) in [5, 5.41) is 10.8. The van der Waals surface area contributed by atoms with Crippen molar-refractivity contribution in [2.24, 2.45) is 0 Å². The van der Waals surface area contributed by atoms with Gasteiger partial charge in [0.1, 0.15) is 5.60 Å². The molecule has 24 heavy (non-hydrogen) atoms. The Morgan fingerprint density at radius 3 is 2.62 bits per heavy atom. The summed E-state index contributed by atoms with van der Waals surface area (Å²) < 4.78 is 5.35. The van der Waals surface area contributed by atoms with Crippen molar-refractivity contribution in [2.45, 2.75) is 44.8 Å². The Kier molecular flexibility index (Phi) is 5.83. The molecule has 6 heteroatoms. The molecular formula is C18H29N3O3. The monoisotopic (exact) mass is 335 g/mol. The summed E-state index contributed by atoms with van der Waals surface area (Å²) in [6.07, 6.45) is 4.51. The van der Waals surface area contributed by atoms with E-state index in [0.29, 0.717) is 19.4 Å². The van der Waals surface area contributed by atoms with Gasteiger partial charge in [0.2, 0.25) is 0 Å². The molecule has 2 heterocycles. The first-order valence-electron chi connectivity index (χ1n) is 8.49. The smallest absolute Gasteiger partial charge is 0.410 e. The maximum absolute atomic E-state index is 12.0. The lowest BCUT2D eigenvalue weighted by atomic mass is 9.85. The Hall–Kier alpha value is -1.66. The Bertz CT molecular complexity index is 534. The van der Waals surface area contributed by atoms with Crippen molar-refractivity contribution in [1.82, 2.24) is 14.8 Å². The van der Waals surface area contributed by atoms with Gasteiger partial charge in [-0.05, 0) is 39.7 Å². The summed E-state index contributed by atoms with van der Waals surface area (Å²) in [6.45, 7) is 8.58. The molecule has 0 aromatic carbocycles. The second-order valence-electron chi connectivity index (χ2n) is 7.52. The van der Waals surface area contributed by atoms with Gasteiger partial charge in [0.05, 0.1) is 5.60 Å². The normalized spacial score (nSPS) is 18.2. The van der Waals surface area contributed by atoms with Gasteiger partial charge < -0.3 is 19.6 Å². The minimum atomic E-state index is -0.790. The number of amides is 1. The molecule has 1 aromatic heterocycles. The number of rotatable bonds is 4. The molecule has 0 radical (unpaired) electrons. The molecule has 0 aliphatic carbocycles. The lowest BCUT2D eigenvalue weighted by molar-refractivity contribution is -0.0280. The molecule has 1 aliphatic rings. The molecule has 1 aromatic rings. The predicted molar refractivity (Wildman–Crippen MR) is 92.7 cm³/mol. The Labute approximate surface area is 144 Å². The number of likely N-dealkylation sites (tertiary alicyclic amines) is 1. The van der Waals surface area contributed by atoms with E-state index in [-0.39, 0.29) is 6.09 Å². The number of piperidine rings is 1. The minimum Gasteiger partial charge on any atom is -0.444 e. The number of carbonyl (C=O) groups excluding carboxylic acids is 1. The van der Waals surface area contributed by atoms with Crippen LogP contribution in [0.25, 0.3) is 0 Å². The molecule has 1 saturated heterocycles. The van der Waals surface area contributed by atoms with Crippen LogP contribution in [0.2, 0.25) is 0 Å². The molecule has 0 atom stereocenters. The number of nitrogens with zero attached hydrogens (tertiary/aromatic N) is 3. The second kappa shape index (κ2) is 7.49. The van der Waals surface area contributed by atoms with E-state index < -0.39 is 11.2 Å². The first kappa shape index (κ1) is 18.7. The van der Waals surface area contributed by atoms with E-state index in [0.717, 1.165) is 25.2 Å². The van der Waals surface area contributed by atoms with Crippen molar-refractivity contribution < 1.29 is 14.6 Å². The highest BCUT2D eigenvalue weighted by Gasteiger charge is 2.34. The first-order chi connectivity index (χ1) is 11.2. The fourth-order valence-corrected chi connectivity index (χ4v) is 2.80. The van der Waals surface area contributed by atoms with Gasteiger partial charge in [0, 0.05) is 51.2 Å². The topological polar surface area (TPSA) is 65.9 Å². The Balaban J connectivity index is 1.78. The molecule has 1 fully saturated rings. The Morgan fingerprint density at radius 2 is 2.08 bits per heavy atom. The standard InChI is InChI=1S/C18H29N3O3/c1-17(2,3)24-16(22)20(4)12-13-21-10-7-18(23,8-11-21)15-6-5-9-19-14-15/h5-6,9,14,23H,7-8,10-13H2,1-4H3. The number of pyridine rings is 1. The summed E-state index contributed by atoms with van der Waals surface area (Å²) in [5.74, 6) is 0. The van der Waals surface area contributed by atoms with E-state index in [1.54, 1.807) is 24.3 Å². The quantitative estimate of drug-likeness (QED) is 0.914. The third-order valence-electron chi connectivity index (χ3n) is 4.34. The zero-order valence-corrected chi connectivity index (χ0v) is 15.2. The van der Waals surface area contributed by atoms with Crippen molar-refractivity contribution >= 4 is 6.09 Å². The van der Waals surface area contributed by atoms with Gasteiger partial charge in [-0.3, -0.25) is 4.98 Å². The fraction of sp³-hybridized carbons (Fsp3) is 0.667. The van der Waals surface area contributed by atoms with E-state index in [9.17, 15) is 9.90 Å². The lowest BCUT2D eigenvalue weighted by Gasteiger charge is -2.38. The summed E-state index contributed by atoms with van der Waals surface area (Å²) in [6, 6.07) is 3.79. The highest BCUT2D eigenvalue weighted by atomic mass is 16.6. The highest BCUT2D eigenvalue weighted by molar-refractivity contribution is 5.67. The maximum Gasteiger partial charge on any atom is 0.410 e. The van der Waals surface area contributed by atoms with E-state index >= 15 is 0 Å². The predicted octanol–water partition coefficient (Wildman–Crippen LogP) is 2.23. The van der Waals surface area contributed by atoms with Crippen LogP contribution in [0.4, 0.5) is 4.79 Å². The molecule has 2 rings (SSSR count). The summed E-state index contributed by atoms with van der Waals surface area (Å²) in [5.41, 5.74) is -0.381. The number of aromatic nitrogens is 1. The molecule has 6 nitrogen and oxygen atoms in total. The first-order valence-corrected chi connectivity index (χ1v) is 8.49. The fourth-order valence-electron chi connectivity index (χ4n) is 2.80. The maximum atomic E-state index is 12.0. The van der Waals surface area contributed by atoms with Gasteiger partial charge in [-0.15, -0.1) is 0 Å². The molecule has 0 saturated carbocycles. The molecule has 0 unspecified atom stereocenters. The number of aliphatic hydroxyl groups is 1. The SMILES string of the molecule is CN(CCN1CCC(O)(c2cccnc2)CC1)C(=O)OC(C)(C)C. The third-order valence-corrected chi connectivity index (χ3v) is 4.34. The van der Waals surface area contributed by atoms with Crippen molar-refractivity contribution in [2.75, 3.05) is 33.2 Å². The third kappa shape index (κ3) is 5.18. The summed E-state index contributed by atoms with van der Waals surface area (Å²) in [4.78, 5) is 19.9. The van der Waals surface area contributed by atoms with Crippen molar-refractivity contribution in [3.63, 3.8) is 0 Å². The van der Waals surface area contributed by atoms with Crippen molar-refractivity contribution in [3.05, 3.63) is 30.1 Å². The van der Waals surface area contributed by atoms with Crippen molar-refractivity contribution in [3.8, 4) is 0 Å². The van der Waals surface area contributed by atoms with Gasteiger partial charge in [-0.25, -0.2) is 4.79 Å². The number of hydrogen-bond donors (Lipinski definition) is 1. The minimum absolute atomic E-state index is 0.300. The van der Waals surface area contributed by atoms with Crippen LogP contribution in [-0.2, 0) is 10.3 Å².